The van der Waals surface area contributed by atoms with Crippen molar-refractivity contribution in [2.24, 2.45) is 4.40 Å². The van der Waals surface area contributed by atoms with Gasteiger partial charge in [0, 0.05) is 5.90 Å². The number of hydrogen-bond acceptors (Lipinski definition) is 4. The lowest BCUT2D eigenvalue weighted by molar-refractivity contribution is -0.929. The van der Waals surface area contributed by atoms with Crippen molar-refractivity contribution >= 4 is 16.2 Å². The molecule has 0 unspecified atom stereocenters. The van der Waals surface area contributed by atoms with E-state index in [9.17, 15) is 13.5 Å². The van der Waals surface area contributed by atoms with E-state index in [1.807, 2.05) is 0 Å². The van der Waals surface area contributed by atoms with Gasteiger partial charge >= 0.3 is 10.3 Å². The Hall–Kier alpha value is -1.08. The van der Waals surface area contributed by atoms with Gasteiger partial charge in [0.1, 0.15) is 5.76 Å². The fraction of sp³-hybridized carbons (Fsp3) is 0.917. The van der Waals surface area contributed by atoms with Crippen LogP contribution < -0.4 is 5.11 Å². The van der Waals surface area contributed by atoms with Crippen LogP contribution in [-0.4, -0.2) is 45.0 Å². The van der Waals surface area contributed by atoms with E-state index >= 15 is 0 Å². The van der Waals surface area contributed by atoms with Crippen molar-refractivity contribution in [3.63, 3.8) is 0 Å². The summed E-state index contributed by atoms with van der Waals surface area (Å²) in [5.41, 5.74) is 0. The van der Waals surface area contributed by atoms with Crippen molar-refractivity contribution in [2.45, 2.75) is 189 Å². The predicted octanol–water partition coefficient (Wildman–Crippen LogP) is 10.2. The first-order valence-electron chi connectivity index (χ1n) is 18.5. The third-order valence-corrected chi connectivity index (χ3v) is 9.59. The van der Waals surface area contributed by atoms with Crippen LogP contribution >= 0.6 is 0 Å². The molecule has 0 spiro atoms. The van der Waals surface area contributed by atoms with Crippen LogP contribution in [0, 0.1) is 0 Å². The van der Waals surface area contributed by atoms with Gasteiger partial charge < -0.3 is 13.8 Å². The van der Waals surface area contributed by atoms with Crippen molar-refractivity contribution in [3.05, 3.63) is 11.8 Å². The van der Waals surface area contributed by atoms with Gasteiger partial charge in [0.2, 0.25) is 0 Å². The highest BCUT2D eigenvalue weighted by atomic mass is 32.2. The van der Waals surface area contributed by atoms with E-state index in [1.165, 1.54) is 192 Å². The van der Waals surface area contributed by atoms with E-state index in [2.05, 4.69) is 36.3 Å². The van der Waals surface area contributed by atoms with E-state index in [-0.39, 0.29) is 5.76 Å². The summed E-state index contributed by atoms with van der Waals surface area (Å²) in [5, 5.41) is 10.4. The molecule has 1 aliphatic heterocycles. The predicted molar refractivity (Wildman–Crippen MR) is 184 cm³/mol. The zero-order valence-electron chi connectivity index (χ0n) is 29.3. The Morgan fingerprint density at radius 1 is 0.558 bits per heavy atom. The van der Waals surface area contributed by atoms with Gasteiger partial charge in [0.25, 0.3) is 0 Å². The van der Waals surface area contributed by atoms with Crippen molar-refractivity contribution in [2.75, 3.05) is 26.2 Å². The second-order valence-electron chi connectivity index (χ2n) is 13.0. The first kappa shape index (κ1) is 41.9. The van der Waals surface area contributed by atoms with Gasteiger partial charge in [0.15, 0.2) is 0 Å². The molecular weight excluding hydrogens is 556 g/mol. The topological polar surface area (TPSA) is 78.8 Å². The molecule has 0 aromatic rings. The van der Waals surface area contributed by atoms with Crippen LogP contribution in [0.3, 0.4) is 0 Å². The average Bonchev–Trinajstić information content (AvgIpc) is 2.95. The average molecular weight is 629 g/mol. The minimum atomic E-state index is -3.97. The quantitative estimate of drug-likeness (QED) is 0.0638. The summed E-state index contributed by atoms with van der Waals surface area (Å²) in [6.45, 7) is 16.6. The van der Waals surface area contributed by atoms with Crippen molar-refractivity contribution in [1.82, 2.24) is 0 Å². The molecule has 1 aliphatic rings. The second kappa shape index (κ2) is 28.4. The number of unbranched alkanes of at least 4 members (excludes halogenated alkanes) is 20. The maximum absolute atomic E-state index is 10.4. The van der Waals surface area contributed by atoms with Gasteiger partial charge in [0.05, 0.1) is 26.2 Å². The fourth-order valence-corrected chi connectivity index (χ4v) is 6.79. The Morgan fingerprint density at radius 3 is 1.09 bits per heavy atom. The minimum Gasteiger partial charge on any atom is -0.858 e. The van der Waals surface area contributed by atoms with Gasteiger partial charge in [-0.25, -0.2) is 0 Å². The molecular formula is C36H72N2O4S. The maximum atomic E-state index is 10.4. The van der Waals surface area contributed by atoms with E-state index in [4.69, 9.17) is 0 Å². The molecule has 0 aromatic carbocycles. The lowest BCUT2D eigenvalue weighted by Crippen LogP contribution is -2.50. The fourth-order valence-electron chi connectivity index (χ4n) is 6.10. The van der Waals surface area contributed by atoms with E-state index < -0.39 is 16.2 Å². The van der Waals surface area contributed by atoms with E-state index in [0.717, 1.165) is 6.08 Å². The molecule has 0 aliphatic carbocycles. The van der Waals surface area contributed by atoms with E-state index in [0.29, 0.717) is 0 Å². The summed E-state index contributed by atoms with van der Waals surface area (Å²) in [4.78, 5) is 0. The zero-order chi connectivity index (χ0) is 32.1. The van der Waals surface area contributed by atoms with Crippen LogP contribution in [0.4, 0.5) is 0 Å². The van der Waals surface area contributed by atoms with Crippen molar-refractivity contribution < 1.29 is 22.2 Å². The first-order chi connectivity index (χ1) is 20.7. The molecule has 43 heavy (non-hydrogen) atoms. The van der Waals surface area contributed by atoms with Gasteiger partial charge in [-0.15, -0.1) is 4.40 Å². The lowest BCUT2D eigenvalue weighted by Gasteiger charge is -2.40. The Morgan fingerprint density at radius 2 is 0.837 bits per heavy atom. The number of nitrogens with zero attached hydrogens (tertiary/aromatic N) is 2. The SMILES string of the molecule is CC1=CC([O-])=NS(=O)(=O)O1.CCCCCCCC[N+](CCCCCCCC)(CCCCCCCC)CCCCCCCC. The zero-order valence-corrected chi connectivity index (χ0v) is 30.1. The molecule has 1 heterocycles. The molecule has 6 nitrogen and oxygen atoms in total. The van der Waals surface area contributed by atoms with Crippen LogP contribution in [-0.2, 0) is 14.5 Å². The van der Waals surface area contributed by atoms with Crippen molar-refractivity contribution in [3.8, 4) is 0 Å². The van der Waals surface area contributed by atoms with Crippen LogP contribution in [0.15, 0.2) is 16.2 Å². The molecule has 0 fully saturated rings. The summed E-state index contributed by atoms with van der Waals surface area (Å²) in [6.07, 6.45) is 35.8. The largest absolute Gasteiger partial charge is 0.858 e. The smallest absolute Gasteiger partial charge is 0.427 e. The van der Waals surface area contributed by atoms with Gasteiger partial charge in [-0.3, -0.25) is 0 Å². The Labute approximate surface area is 269 Å². The molecule has 0 amide bonds. The number of rotatable bonds is 28. The highest BCUT2D eigenvalue weighted by Crippen LogP contribution is 2.21. The summed E-state index contributed by atoms with van der Waals surface area (Å²) in [7, 11) is -3.97. The molecule has 0 saturated heterocycles. The molecule has 0 bridgehead atoms. The van der Waals surface area contributed by atoms with Crippen LogP contribution in [0.25, 0.3) is 0 Å². The second-order valence-corrected chi connectivity index (χ2v) is 14.2. The van der Waals surface area contributed by atoms with Crippen molar-refractivity contribution in [1.29, 1.82) is 0 Å². The highest BCUT2D eigenvalue weighted by Gasteiger charge is 2.25. The molecule has 256 valence electrons. The number of allylic oxidation sites excluding steroid dienone is 1. The molecule has 0 N–H and O–H groups in total. The molecule has 1 rings (SSSR count). The molecule has 0 radical (unpaired) electrons. The number of quaternary nitrogens is 1. The molecule has 7 heteroatoms. The van der Waals surface area contributed by atoms with Gasteiger partial charge in [-0.1, -0.05) is 130 Å². The Balaban J connectivity index is 0.00000147. The lowest BCUT2D eigenvalue weighted by atomic mass is 10.0. The van der Waals surface area contributed by atoms with E-state index in [1.54, 1.807) is 0 Å². The third-order valence-electron chi connectivity index (χ3n) is 8.71. The standard InChI is InChI=1S/C32H68N.C4H5NO4S/c1-5-9-13-17-21-25-29-33(30-26-22-18-14-10-6-2,31-27-23-19-15-11-7-3)32-28-24-20-16-12-8-4;1-3-2-4(6)5-10(7,8)9-3/h5-32H2,1-4H3;2H,1H3,(H,5,6)/q+1;/p-1. The summed E-state index contributed by atoms with van der Waals surface area (Å²) in [6, 6.07) is 0. The third kappa shape index (κ3) is 25.9. The number of hydrogen-bond donors (Lipinski definition) is 0. The highest BCUT2D eigenvalue weighted by molar-refractivity contribution is 7.85. The summed E-state index contributed by atoms with van der Waals surface area (Å²) < 4.78 is 29.2. The van der Waals surface area contributed by atoms with Crippen LogP contribution in [0.1, 0.15) is 189 Å². The van der Waals surface area contributed by atoms with Crippen LogP contribution in [0.2, 0.25) is 0 Å². The Kier molecular flexibility index (Phi) is 27.7. The van der Waals surface area contributed by atoms with Gasteiger partial charge in [-0.2, -0.15) is 8.42 Å². The molecule has 0 saturated carbocycles. The molecule has 0 aromatic heterocycles. The normalized spacial score (nSPS) is 14.4. The maximum Gasteiger partial charge on any atom is 0.427 e. The Bertz CT molecular complexity index is 726. The minimum absolute atomic E-state index is 0.0417. The molecule has 0 atom stereocenters. The monoisotopic (exact) mass is 629 g/mol. The summed E-state index contributed by atoms with van der Waals surface area (Å²) >= 11 is 0. The van der Waals surface area contributed by atoms with Crippen LogP contribution in [0.5, 0.6) is 0 Å². The first-order valence-corrected chi connectivity index (χ1v) is 19.9. The van der Waals surface area contributed by atoms with Gasteiger partial charge in [-0.05, 0) is 64.4 Å². The summed E-state index contributed by atoms with van der Waals surface area (Å²) in [5.74, 6) is -0.760.